The summed E-state index contributed by atoms with van der Waals surface area (Å²) < 4.78 is 11.8. The normalized spacial score (nSPS) is 11.8. The summed E-state index contributed by atoms with van der Waals surface area (Å²) in [4.78, 5) is 0. The molecule has 3 aromatic carbocycles. The fourth-order valence-corrected chi connectivity index (χ4v) is 2.56. The first-order chi connectivity index (χ1) is 12.7. The van der Waals surface area contributed by atoms with Crippen LogP contribution in [0, 0.1) is 0 Å². The van der Waals surface area contributed by atoms with E-state index < -0.39 is 6.04 Å². The van der Waals surface area contributed by atoms with Crippen molar-refractivity contribution >= 4 is 0 Å². The minimum atomic E-state index is -0.477. The number of rotatable bonds is 8. The van der Waals surface area contributed by atoms with Crippen LogP contribution >= 0.6 is 0 Å². The first-order valence-electron chi connectivity index (χ1n) is 8.59. The van der Waals surface area contributed by atoms with Crippen LogP contribution in [0.1, 0.15) is 22.7 Å². The van der Waals surface area contributed by atoms with Gasteiger partial charge in [-0.2, -0.15) is 0 Å². The van der Waals surface area contributed by atoms with Gasteiger partial charge in [0.1, 0.15) is 24.7 Å². The van der Waals surface area contributed by atoms with Crippen LogP contribution in [0.25, 0.3) is 0 Å². The van der Waals surface area contributed by atoms with Gasteiger partial charge in [-0.1, -0.05) is 60.7 Å². The summed E-state index contributed by atoms with van der Waals surface area (Å²) in [6.45, 7) is 0.772. The lowest BCUT2D eigenvalue weighted by Crippen LogP contribution is -2.14. The molecule has 0 bridgehead atoms. The zero-order valence-corrected chi connectivity index (χ0v) is 14.5. The lowest BCUT2D eigenvalue weighted by atomic mass is 10.1. The Kier molecular flexibility index (Phi) is 6.25. The average Bonchev–Trinajstić information content (AvgIpc) is 2.71. The molecule has 0 radical (unpaired) electrons. The van der Waals surface area contributed by atoms with Crippen LogP contribution < -0.4 is 15.2 Å². The van der Waals surface area contributed by atoms with E-state index in [0.29, 0.717) is 24.7 Å². The van der Waals surface area contributed by atoms with Crippen molar-refractivity contribution in [2.45, 2.75) is 19.3 Å². The number of nitrogens with two attached hydrogens (primary N) is 1. The molecule has 0 saturated carbocycles. The molecule has 0 aliphatic heterocycles. The first kappa shape index (κ1) is 18.0. The van der Waals surface area contributed by atoms with Crippen LogP contribution in [0.4, 0.5) is 0 Å². The summed E-state index contributed by atoms with van der Waals surface area (Å²) in [6, 6.07) is 25.0. The SMILES string of the molecule is N[C@H](CO)c1cc(OCc2ccccc2)cc(OCc2ccccc2)c1. The minimum absolute atomic E-state index is 0.139. The molecule has 26 heavy (non-hydrogen) atoms. The average molecular weight is 349 g/mol. The van der Waals surface area contributed by atoms with Crippen LogP contribution in [0.2, 0.25) is 0 Å². The molecule has 0 aliphatic carbocycles. The molecular weight excluding hydrogens is 326 g/mol. The van der Waals surface area contributed by atoms with E-state index in [1.165, 1.54) is 0 Å². The summed E-state index contributed by atoms with van der Waals surface area (Å²) in [7, 11) is 0. The van der Waals surface area contributed by atoms with Gasteiger partial charge in [-0.3, -0.25) is 0 Å². The van der Waals surface area contributed by atoms with Gasteiger partial charge in [-0.25, -0.2) is 0 Å². The van der Waals surface area contributed by atoms with Gasteiger partial charge in [0.2, 0.25) is 0 Å². The monoisotopic (exact) mass is 349 g/mol. The number of hydrogen-bond donors (Lipinski definition) is 2. The van der Waals surface area contributed by atoms with Gasteiger partial charge in [-0.05, 0) is 28.8 Å². The van der Waals surface area contributed by atoms with Gasteiger partial charge >= 0.3 is 0 Å². The largest absolute Gasteiger partial charge is 0.489 e. The fourth-order valence-electron chi connectivity index (χ4n) is 2.56. The Balaban J connectivity index is 1.74. The number of ether oxygens (including phenoxy) is 2. The molecule has 0 saturated heterocycles. The molecule has 0 spiro atoms. The summed E-state index contributed by atoms with van der Waals surface area (Å²) >= 11 is 0. The van der Waals surface area contributed by atoms with Crippen molar-refractivity contribution in [3.05, 3.63) is 95.6 Å². The van der Waals surface area contributed by atoms with Crippen molar-refractivity contribution in [1.29, 1.82) is 0 Å². The van der Waals surface area contributed by atoms with E-state index in [1.54, 1.807) is 0 Å². The van der Waals surface area contributed by atoms with E-state index in [0.717, 1.165) is 16.7 Å². The molecule has 3 aromatic rings. The first-order valence-corrected chi connectivity index (χ1v) is 8.59. The molecule has 3 rings (SSSR count). The second-order valence-corrected chi connectivity index (χ2v) is 6.08. The van der Waals surface area contributed by atoms with E-state index >= 15 is 0 Å². The molecule has 0 fully saturated rings. The number of benzene rings is 3. The smallest absolute Gasteiger partial charge is 0.123 e. The molecule has 134 valence electrons. The second-order valence-electron chi connectivity index (χ2n) is 6.08. The molecule has 0 amide bonds. The van der Waals surface area contributed by atoms with Crippen molar-refractivity contribution in [3.63, 3.8) is 0 Å². The van der Waals surface area contributed by atoms with Gasteiger partial charge in [0, 0.05) is 6.07 Å². The van der Waals surface area contributed by atoms with E-state index in [1.807, 2.05) is 78.9 Å². The van der Waals surface area contributed by atoms with Gasteiger partial charge in [-0.15, -0.1) is 0 Å². The molecule has 0 heterocycles. The summed E-state index contributed by atoms with van der Waals surface area (Å²) in [6.07, 6.45) is 0. The third-order valence-corrected chi connectivity index (χ3v) is 4.02. The highest BCUT2D eigenvalue weighted by Gasteiger charge is 2.10. The third-order valence-electron chi connectivity index (χ3n) is 4.02. The third kappa shape index (κ3) is 5.09. The molecule has 4 nitrogen and oxygen atoms in total. The Labute approximate surface area is 153 Å². The molecule has 1 atom stereocenters. The van der Waals surface area contributed by atoms with Crippen molar-refractivity contribution in [3.8, 4) is 11.5 Å². The van der Waals surface area contributed by atoms with E-state index in [4.69, 9.17) is 15.2 Å². The fraction of sp³-hybridized carbons (Fsp3) is 0.182. The minimum Gasteiger partial charge on any atom is -0.489 e. The quantitative estimate of drug-likeness (QED) is 0.648. The van der Waals surface area contributed by atoms with Crippen LogP contribution in [0.5, 0.6) is 11.5 Å². The van der Waals surface area contributed by atoms with Gasteiger partial charge in [0.05, 0.1) is 12.6 Å². The predicted octanol–water partition coefficient (Wildman–Crippen LogP) is 3.84. The lowest BCUT2D eigenvalue weighted by molar-refractivity contribution is 0.264. The highest BCUT2D eigenvalue weighted by molar-refractivity contribution is 5.40. The van der Waals surface area contributed by atoms with Gasteiger partial charge in [0.15, 0.2) is 0 Å². The second kappa shape index (κ2) is 9.04. The number of aliphatic hydroxyl groups is 1. The maximum atomic E-state index is 9.38. The van der Waals surface area contributed by atoms with Gasteiger partial charge in [0.25, 0.3) is 0 Å². The Morgan fingerprint density at radius 1 is 0.731 bits per heavy atom. The predicted molar refractivity (Wildman–Crippen MR) is 102 cm³/mol. The molecule has 3 N–H and O–H groups in total. The Bertz CT molecular complexity index is 744. The van der Waals surface area contributed by atoms with E-state index in [9.17, 15) is 5.11 Å². The van der Waals surface area contributed by atoms with Crippen LogP contribution in [0.15, 0.2) is 78.9 Å². The van der Waals surface area contributed by atoms with Crippen LogP contribution in [-0.2, 0) is 13.2 Å². The number of hydrogen-bond acceptors (Lipinski definition) is 4. The van der Waals surface area contributed by atoms with Crippen LogP contribution in [0.3, 0.4) is 0 Å². The summed E-state index contributed by atoms with van der Waals surface area (Å²) in [5.41, 5.74) is 8.92. The van der Waals surface area contributed by atoms with E-state index in [2.05, 4.69) is 0 Å². The maximum Gasteiger partial charge on any atom is 0.123 e. The van der Waals surface area contributed by atoms with Crippen LogP contribution in [-0.4, -0.2) is 11.7 Å². The van der Waals surface area contributed by atoms with E-state index in [-0.39, 0.29) is 6.61 Å². The topological polar surface area (TPSA) is 64.7 Å². The highest BCUT2D eigenvalue weighted by Crippen LogP contribution is 2.27. The zero-order valence-electron chi connectivity index (χ0n) is 14.5. The van der Waals surface area contributed by atoms with Crippen molar-refractivity contribution in [1.82, 2.24) is 0 Å². The van der Waals surface area contributed by atoms with Gasteiger partial charge < -0.3 is 20.3 Å². The molecule has 0 unspecified atom stereocenters. The number of aliphatic hydroxyl groups excluding tert-OH is 1. The Hall–Kier alpha value is -2.82. The molecular formula is C22H23NO3. The van der Waals surface area contributed by atoms with Crippen molar-refractivity contribution < 1.29 is 14.6 Å². The molecule has 0 aromatic heterocycles. The van der Waals surface area contributed by atoms with Crippen molar-refractivity contribution in [2.24, 2.45) is 5.73 Å². The lowest BCUT2D eigenvalue weighted by Gasteiger charge is -2.15. The summed E-state index contributed by atoms with van der Waals surface area (Å²) in [5.74, 6) is 1.33. The summed E-state index contributed by atoms with van der Waals surface area (Å²) in [5, 5.41) is 9.38. The zero-order chi connectivity index (χ0) is 18.2. The van der Waals surface area contributed by atoms with Crippen molar-refractivity contribution in [2.75, 3.05) is 6.61 Å². The maximum absolute atomic E-state index is 9.38. The Morgan fingerprint density at radius 3 is 1.62 bits per heavy atom. The standard InChI is InChI=1S/C22H23NO3/c23-22(14-24)19-11-20(25-15-17-7-3-1-4-8-17)13-21(12-19)26-16-18-9-5-2-6-10-18/h1-13,22,24H,14-16,23H2/t22-/m1/s1. The Morgan fingerprint density at radius 2 is 1.19 bits per heavy atom. The molecule has 4 heteroatoms. The highest BCUT2D eigenvalue weighted by atomic mass is 16.5. The molecule has 0 aliphatic rings.